The molecule has 132 valence electrons. The number of carbonyl (C=O) groups excluding carboxylic acids is 1. The van der Waals surface area contributed by atoms with E-state index in [2.05, 4.69) is 36.1 Å². The topological polar surface area (TPSA) is 32.8 Å². The first-order chi connectivity index (χ1) is 11.5. The van der Waals surface area contributed by atoms with Gasteiger partial charge in [0, 0.05) is 26.3 Å². The van der Waals surface area contributed by atoms with Crippen molar-refractivity contribution in [3.8, 4) is 0 Å². The summed E-state index contributed by atoms with van der Waals surface area (Å²) in [5, 5.41) is 0. The lowest BCUT2D eigenvalue weighted by atomic mass is 9.72. The molecule has 1 aromatic rings. The third-order valence-electron chi connectivity index (χ3n) is 5.83. The second kappa shape index (κ2) is 7.24. The Hall–Kier alpha value is -1.39. The Balaban J connectivity index is 1.69. The molecule has 3 rings (SSSR count). The number of amides is 1. The van der Waals surface area contributed by atoms with Crippen molar-refractivity contribution in [3.05, 3.63) is 35.4 Å². The van der Waals surface area contributed by atoms with Gasteiger partial charge in [-0.3, -0.25) is 9.69 Å². The van der Waals surface area contributed by atoms with Crippen LogP contribution in [-0.2, 0) is 9.53 Å². The zero-order valence-corrected chi connectivity index (χ0v) is 15.3. The predicted molar refractivity (Wildman–Crippen MR) is 95.9 cm³/mol. The third-order valence-corrected chi connectivity index (χ3v) is 5.83. The summed E-state index contributed by atoms with van der Waals surface area (Å²) in [6, 6.07) is 8.16. The number of hydrogen-bond acceptors (Lipinski definition) is 3. The molecule has 2 heterocycles. The van der Waals surface area contributed by atoms with Gasteiger partial charge in [-0.15, -0.1) is 0 Å². The number of piperidine rings is 1. The van der Waals surface area contributed by atoms with Gasteiger partial charge in [-0.1, -0.05) is 29.8 Å². The molecule has 1 spiro atoms. The van der Waals surface area contributed by atoms with E-state index in [1.54, 1.807) is 0 Å². The highest BCUT2D eigenvalue weighted by Crippen LogP contribution is 2.41. The molecule has 2 fully saturated rings. The van der Waals surface area contributed by atoms with E-state index < -0.39 is 0 Å². The Morgan fingerprint density at radius 1 is 1.08 bits per heavy atom. The van der Waals surface area contributed by atoms with Crippen LogP contribution in [0.3, 0.4) is 0 Å². The molecule has 24 heavy (non-hydrogen) atoms. The van der Waals surface area contributed by atoms with E-state index >= 15 is 0 Å². The summed E-state index contributed by atoms with van der Waals surface area (Å²) < 4.78 is 5.52. The lowest BCUT2D eigenvalue weighted by molar-refractivity contribution is -0.139. The Labute approximate surface area is 145 Å². The van der Waals surface area contributed by atoms with E-state index in [1.807, 2.05) is 19.0 Å². The van der Waals surface area contributed by atoms with Gasteiger partial charge in [0.25, 0.3) is 0 Å². The minimum atomic E-state index is -0.186. The van der Waals surface area contributed by atoms with Crippen LogP contribution < -0.4 is 0 Å². The fourth-order valence-corrected chi connectivity index (χ4v) is 4.09. The van der Waals surface area contributed by atoms with E-state index in [4.69, 9.17) is 4.74 Å². The molecule has 2 saturated heterocycles. The van der Waals surface area contributed by atoms with Crippen molar-refractivity contribution < 1.29 is 9.53 Å². The van der Waals surface area contributed by atoms with Crippen LogP contribution in [0.15, 0.2) is 24.3 Å². The number of hydrogen-bond donors (Lipinski definition) is 0. The highest BCUT2D eigenvalue weighted by atomic mass is 16.5. The third kappa shape index (κ3) is 3.65. The standard InChI is InChI=1S/C20H30N2O2/c1-16-4-6-17(7-5-16)18(21(2)3)19(23)22-12-8-20(9-13-22)10-14-24-15-11-20/h4-7,18H,8-15H2,1-3H3/t18-/m1/s1. The maximum atomic E-state index is 13.2. The van der Waals surface area contributed by atoms with Crippen molar-refractivity contribution in [3.63, 3.8) is 0 Å². The first-order valence-electron chi connectivity index (χ1n) is 9.10. The lowest BCUT2D eigenvalue weighted by Gasteiger charge is -2.45. The predicted octanol–water partition coefficient (Wildman–Crippen LogP) is 3.02. The average molecular weight is 330 g/mol. The zero-order valence-electron chi connectivity index (χ0n) is 15.3. The smallest absolute Gasteiger partial charge is 0.244 e. The molecular formula is C20H30N2O2. The van der Waals surface area contributed by atoms with Gasteiger partial charge in [-0.25, -0.2) is 0 Å². The van der Waals surface area contributed by atoms with Crippen molar-refractivity contribution >= 4 is 5.91 Å². The second-order valence-electron chi connectivity index (χ2n) is 7.71. The van der Waals surface area contributed by atoms with Crippen molar-refractivity contribution in [1.29, 1.82) is 0 Å². The quantitative estimate of drug-likeness (QED) is 0.854. The maximum Gasteiger partial charge on any atom is 0.244 e. The van der Waals surface area contributed by atoms with Crippen LogP contribution in [0.1, 0.15) is 42.9 Å². The summed E-state index contributed by atoms with van der Waals surface area (Å²) in [6.45, 7) is 5.62. The largest absolute Gasteiger partial charge is 0.381 e. The second-order valence-corrected chi connectivity index (χ2v) is 7.71. The van der Waals surface area contributed by atoms with Gasteiger partial charge >= 0.3 is 0 Å². The summed E-state index contributed by atoms with van der Waals surface area (Å²) >= 11 is 0. The molecule has 0 aromatic heterocycles. The summed E-state index contributed by atoms with van der Waals surface area (Å²) in [5.74, 6) is 0.241. The van der Waals surface area contributed by atoms with E-state index in [0.717, 1.165) is 57.6 Å². The van der Waals surface area contributed by atoms with Crippen LogP contribution in [0.4, 0.5) is 0 Å². The van der Waals surface area contributed by atoms with Gasteiger partial charge in [-0.2, -0.15) is 0 Å². The van der Waals surface area contributed by atoms with Crippen LogP contribution >= 0.6 is 0 Å². The average Bonchev–Trinajstić information content (AvgIpc) is 2.58. The van der Waals surface area contributed by atoms with E-state index in [0.29, 0.717) is 5.41 Å². The molecule has 0 saturated carbocycles. The molecule has 2 aliphatic rings. The Morgan fingerprint density at radius 2 is 1.67 bits per heavy atom. The number of likely N-dealkylation sites (N-methyl/N-ethyl adjacent to an activating group) is 1. The first-order valence-corrected chi connectivity index (χ1v) is 9.10. The molecule has 4 heteroatoms. The Kier molecular flexibility index (Phi) is 5.26. The summed E-state index contributed by atoms with van der Waals surface area (Å²) in [4.78, 5) is 17.3. The van der Waals surface area contributed by atoms with Gasteiger partial charge in [0.2, 0.25) is 5.91 Å². The Bertz CT molecular complexity index is 552. The van der Waals surface area contributed by atoms with Gasteiger partial charge < -0.3 is 9.64 Å². The van der Waals surface area contributed by atoms with E-state index in [9.17, 15) is 4.79 Å². The van der Waals surface area contributed by atoms with Gasteiger partial charge in [0.05, 0.1) is 0 Å². The molecule has 1 aromatic carbocycles. The summed E-state index contributed by atoms with van der Waals surface area (Å²) in [6.07, 6.45) is 4.56. The van der Waals surface area contributed by atoms with Gasteiger partial charge in [0.1, 0.15) is 6.04 Å². The van der Waals surface area contributed by atoms with Crippen molar-refractivity contribution in [2.75, 3.05) is 40.4 Å². The molecular weight excluding hydrogens is 300 g/mol. The van der Waals surface area contributed by atoms with Crippen molar-refractivity contribution in [2.24, 2.45) is 5.41 Å². The zero-order chi connectivity index (χ0) is 17.2. The van der Waals surface area contributed by atoms with Crippen LogP contribution in [0, 0.1) is 12.3 Å². The first kappa shape index (κ1) is 17.4. The fourth-order valence-electron chi connectivity index (χ4n) is 4.09. The van der Waals surface area contributed by atoms with Gasteiger partial charge in [-0.05, 0) is 57.7 Å². The molecule has 0 aliphatic carbocycles. The molecule has 0 unspecified atom stereocenters. The minimum absolute atomic E-state index is 0.186. The number of benzene rings is 1. The van der Waals surface area contributed by atoms with Crippen LogP contribution in [-0.4, -0.2) is 56.1 Å². The van der Waals surface area contributed by atoms with E-state index in [-0.39, 0.29) is 11.9 Å². The van der Waals surface area contributed by atoms with E-state index in [1.165, 1.54) is 5.56 Å². The molecule has 2 aliphatic heterocycles. The molecule has 1 atom stereocenters. The highest BCUT2D eigenvalue weighted by molar-refractivity contribution is 5.83. The number of carbonyl (C=O) groups is 1. The number of rotatable bonds is 3. The van der Waals surface area contributed by atoms with Crippen molar-refractivity contribution in [2.45, 2.75) is 38.6 Å². The molecule has 1 amide bonds. The fraction of sp³-hybridized carbons (Fsp3) is 0.650. The SMILES string of the molecule is Cc1ccc([C@H](C(=O)N2CCC3(CCOCC3)CC2)N(C)C)cc1. The molecule has 0 radical (unpaired) electrons. The number of likely N-dealkylation sites (tertiary alicyclic amines) is 1. The normalized spacial score (nSPS) is 21.9. The van der Waals surface area contributed by atoms with Crippen LogP contribution in [0.5, 0.6) is 0 Å². The number of ether oxygens (including phenoxy) is 1. The maximum absolute atomic E-state index is 13.2. The number of nitrogens with zero attached hydrogens (tertiary/aromatic N) is 2. The summed E-state index contributed by atoms with van der Waals surface area (Å²) in [5.41, 5.74) is 2.73. The minimum Gasteiger partial charge on any atom is -0.381 e. The van der Waals surface area contributed by atoms with Crippen LogP contribution in [0.25, 0.3) is 0 Å². The highest BCUT2D eigenvalue weighted by Gasteiger charge is 2.38. The lowest BCUT2D eigenvalue weighted by Crippen LogP contribution is -2.48. The van der Waals surface area contributed by atoms with Gasteiger partial charge in [0.15, 0.2) is 0 Å². The van der Waals surface area contributed by atoms with Crippen LogP contribution in [0.2, 0.25) is 0 Å². The molecule has 0 N–H and O–H groups in total. The van der Waals surface area contributed by atoms with Crippen molar-refractivity contribution in [1.82, 2.24) is 9.80 Å². The molecule has 0 bridgehead atoms. The Morgan fingerprint density at radius 3 is 2.21 bits per heavy atom. The monoisotopic (exact) mass is 330 g/mol. The molecule has 4 nitrogen and oxygen atoms in total. The number of aryl methyl sites for hydroxylation is 1. The summed E-state index contributed by atoms with van der Waals surface area (Å²) in [7, 11) is 3.98.